The van der Waals surface area contributed by atoms with Crippen molar-refractivity contribution in [3.63, 3.8) is 0 Å². The average molecular weight is 465 g/mol. The largest absolute Gasteiger partial charge is 0.744 e. The summed E-state index contributed by atoms with van der Waals surface area (Å²) in [6.07, 6.45) is 3.85. The summed E-state index contributed by atoms with van der Waals surface area (Å²) in [7, 11) is -4.61. The minimum atomic E-state index is -4.61. The van der Waals surface area contributed by atoms with Crippen molar-refractivity contribution in [2.24, 2.45) is 0 Å². The number of benzene rings is 2. The molecule has 31 heavy (non-hydrogen) atoms. The lowest BCUT2D eigenvalue weighted by atomic mass is 10.2. The monoisotopic (exact) mass is 464 g/mol. The van der Waals surface area contributed by atoms with E-state index in [9.17, 15) is 27.9 Å². The molecule has 0 radical (unpaired) electrons. The second-order valence-electron chi connectivity index (χ2n) is 5.96. The number of nitro groups is 1. The van der Waals surface area contributed by atoms with Crippen LogP contribution in [0.25, 0.3) is 0 Å². The van der Waals surface area contributed by atoms with E-state index < -0.39 is 25.6 Å². The van der Waals surface area contributed by atoms with Gasteiger partial charge in [0.15, 0.2) is 25.5 Å². The van der Waals surface area contributed by atoms with Crippen molar-refractivity contribution in [1.82, 2.24) is 0 Å². The van der Waals surface area contributed by atoms with Crippen LogP contribution in [0.5, 0.6) is 0 Å². The molecular formula is C20H17ClN2O7S. The number of esters is 1. The lowest BCUT2D eigenvalue weighted by Crippen LogP contribution is -2.35. The van der Waals surface area contributed by atoms with E-state index in [1.165, 1.54) is 0 Å². The minimum absolute atomic E-state index is 0.330. The fourth-order valence-electron chi connectivity index (χ4n) is 2.25. The maximum absolute atomic E-state index is 11.7. The summed E-state index contributed by atoms with van der Waals surface area (Å²) < 4.78 is 38.4. The molecule has 2 aromatic carbocycles. The van der Waals surface area contributed by atoms with Crippen molar-refractivity contribution < 1.29 is 32.0 Å². The molecule has 9 nitrogen and oxygen atoms in total. The Hall–Kier alpha value is -3.34. The summed E-state index contributed by atoms with van der Waals surface area (Å²) in [5, 5.41) is 10.8. The molecule has 0 spiro atoms. The van der Waals surface area contributed by atoms with Gasteiger partial charge in [0.1, 0.15) is 10.1 Å². The normalized spacial score (nSPS) is 10.5. The van der Waals surface area contributed by atoms with E-state index in [0.717, 1.165) is 24.3 Å². The molecule has 162 valence electrons. The van der Waals surface area contributed by atoms with Crippen LogP contribution in [0.2, 0.25) is 5.02 Å². The summed E-state index contributed by atoms with van der Waals surface area (Å²) in [6, 6.07) is 16.4. The van der Waals surface area contributed by atoms with Crippen LogP contribution in [0, 0.1) is 10.1 Å². The Kier molecular flexibility index (Phi) is 8.62. The second-order valence-corrected chi connectivity index (χ2v) is 7.78. The third kappa shape index (κ3) is 8.13. The molecule has 3 aromatic rings. The predicted octanol–water partition coefficient (Wildman–Crippen LogP) is 2.98. The lowest BCUT2D eigenvalue weighted by molar-refractivity contribution is -0.697. The van der Waals surface area contributed by atoms with Gasteiger partial charge < -0.3 is 9.29 Å². The Labute approximate surface area is 183 Å². The van der Waals surface area contributed by atoms with Crippen molar-refractivity contribution in [3.8, 4) is 0 Å². The Morgan fingerprint density at radius 2 is 1.68 bits per heavy atom. The molecule has 11 heteroatoms. The number of nitro benzene ring substituents is 1. The zero-order valence-corrected chi connectivity index (χ0v) is 17.5. The molecular weight excluding hydrogens is 448 g/mol. The number of halogens is 1. The molecule has 0 N–H and O–H groups in total. The van der Waals surface area contributed by atoms with Gasteiger partial charge in [0, 0.05) is 29.3 Å². The number of rotatable bonds is 6. The molecule has 1 aromatic heterocycles. The van der Waals surface area contributed by atoms with E-state index >= 15 is 0 Å². The van der Waals surface area contributed by atoms with Crippen LogP contribution in [-0.4, -0.2) is 30.5 Å². The lowest BCUT2D eigenvalue weighted by Gasteiger charge is -2.05. The van der Waals surface area contributed by atoms with Crippen LogP contribution in [0.3, 0.4) is 0 Å². The van der Waals surface area contributed by atoms with E-state index in [1.54, 1.807) is 24.3 Å². The van der Waals surface area contributed by atoms with Gasteiger partial charge in [-0.15, -0.1) is 0 Å². The van der Waals surface area contributed by atoms with Crippen molar-refractivity contribution in [3.05, 3.63) is 99.8 Å². The third-order valence-electron chi connectivity index (χ3n) is 3.76. The SMILES string of the molecule is O=C(OCC[n+]1ccccc1)c1ccc(Cl)cc1.O=[N+]([O-])c1cccc(S(=O)(=O)[O-])c1. The van der Waals surface area contributed by atoms with Gasteiger partial charge in [-0.05, 0) is 30.3 Å². The molecule has 0 saturated carbocycles. The van der Waals surface area contributed by atoms with E-state index in [1.807, 2.05) is 35.2 Å². The van der Waals surface area contributed by atoms with Crippen LogP contribution in [0.1, 0.15) is 10.4 Å². The van der Waals surface area contributed by atoms with E-state index in [4.69, 9.17) is 16.3 Å². The van der Waals surface area contributed by atoms with Gasteiger partial charge in [-0.1, -0.05) is 23.7 Å². The van der Waals surface area contributed by atoms with Gasteiger partial charge in [-0.3, -0.25) is 10.1 Å². The van der Waals surface area contributed by atoms with Crippen molar-refractivity contribution in [1.29, 1.82) is 0 Å². The molecule has 0 bridgehead atoms. The number of carbonyl (C=O) groups excluding carboxylic acids is 1. The summed E-state index contributed by atoms with van der Waals surface area (Å²) in [5.74, 6) is -0.330. The molecule has 0 unspecified atom stereocenters. The van der Waals surface area contributed by atoms with Crippen LogP contribution in [0.15, 0.2) is 84.0 Å². The second kappa shape index (κ2) is 11.2. The molecule has 0 amide bonds. The van der Waals surface area contributed by atoms with Crippen molar-refractivity contribution in [2.75, 3.05) is 6.61 Å². The first-order valence-corrected chi connectivity index (χ1v) is 10.5. The number of hydrogen-bond donors (Lipinski definition) is 0. The number of pyridine rings is 1. The van der Waals surface area contributed by atoms with Gasteiger partial charge in [0.25, 0.3) is 5.69 Å². The van der Waals surface area contributed by atoms with Gasteiger partial charge in [0.2, 0.25) is 0 Å². The highest BCUT2D eigenvalue weighted by Crippen LogP contribution is 2.16. The summed E-state index contributed by atoms with van der Waals surface area (Å²) in [4.78, 5) is 20.5. The standard InChI is InChI=1S/C14H13ClNO2.C6H5NO5S/c15-13-6-4-12(5-7-13)14(17)18-11-10-16-8-2-1-3-9-16;8-7(9)5-2-1-3-6(4-5)13(10,11)12/h1-9H,10-11H2;1-4H,(H,10,11,12)/q+1;/p-1. The quantitative estimate of drug-likeness (QED) is 0.180. The average Bonchev–Trinajstić information content (AvgIpc) is 2.75. The number of hydrogen-bond acceptors (Lipinski definition) is 7. The number of ether oxygens (including phenoxy) is 1. The first kappa shape index (κ1) is 23.9. The Morgan fingerprint density at radius 3 is 2.26 bits per heavy atom. The first-order chi connectivity index (χ1) is 14.7. The maximum atomic E-state index is 11.7. The zero-order chi connectivity index (χ0) is 22.9. The Balaban J connectivity index is 0.000000233. The zero-order valence-electron chi connectivity index (χ0n) is 16.0. The van der Waals surface area contributed by atoms with Crippen LogP contribution in [-0.2, 0) is 21.4 Å². The van der Waals surface area contributed by atoms with Crippen molar-refractivity contribution in [2.45, 2.75) is 11.4 Å². The molecule has 3 rings (SSSR count). The van der Waals surface area contributed by atoms with Crippen LogP contribution in [0.4, 0.5) is 5.69 Å². The number of non-ortho nitro benzene ring substituents is 1. The smallest absolute Gasteiger partial charge is 0.338 e. The highest BCUT2D eigenvalue weighted by Gasteiger charge is 2.09. The highest BCUT2D eigenvalue weighted by atomic mass is 35.5. The van der Waals surface area contributed by atoms with Crippen LogP contribution >= 0.6 is 11.6 Å². The highest BCUT2D eigenvalue weighted by molar-refractivity contribution is 7.85. The fourth-order valence-corrected chi connectivity index (χ4v) is 2.89. The Morgan fingerprint density at radius 1 is 1.03 bits per heavy atom. The summed E-state index contributed by atoms with van der Waals surface area (Å²) >= 11 is 5.75. The molecule has 1 heterocycles. The number of carbonyl (C=O) groups is 1. The van der Waals surface area contributed by atoms with E-state index in [2.05, 4.69) is 0 Å². The number of aromatic nitrogens is 1. The third-order valence-corrected chi connectivity index (χ3v) is 4.84. The van der Waals surface area contributed by atoms with Gasteiger partial charge >= 0.3 is 5.97 Å². The number of nitrogens with zero attached hydrogens (tertiary/aromatic N) is 2. The maximum Gasteiger partial charge on any atom is 0.338 e. The molecule has 0 fully saturated rings. The van der Waals surface area contributed by atoms with Gasteiger partial charge in [-0.25, -0.2) is 17.8 Å². The molecule has 0 saturated heterocycles. The molecule has 0 atom stereocenters. The Bertz CT molecular complexity index is 1140. The van der Waals surface area contributed by atoms with Gasteiger partial charge in [-0.2, -0.15) is 0 Å². The van der Waals surface area contributed by atoms with Gasteiger partial charge in [0.05, 0.1) is 15.4 Å². The predicted molar refractivity (Wildman–Crippen MR) is 109 cm³/mol. The van der Waals surface area contributed by atoms with E-state index in [-0.39, 0.29) is 5.97 Å². The van der Waals surface area contributed by atoms with Crippen LogP contribution < -0.4 is 4.57 Å². The minimum Gasteiger partial charge on any atom is -0.744 e. The fraction of sp³-hybridized carbons (Fsp3) is 0.100. The van der Waals surface area contributed by atoms with E-state index in [0.29, 0.717) is 23.7 Å². The molecule has 0 aliphatic heterocycles. The molecule has 0 aliphatic carbocycles. The molecule has 0 aliphatic rings. The topological polar surface area (TPSA) is 131 Å². The summed E-state index contributed by atoms with van der Waals surface area (Å²) in [6.45, 7) is 0.982. The van der Waals surface area contributed by atoms with Crippen molar-refractivity contribution >= 4 is 33.4 Å². The summed E-state index contributed by atoms with van der Waals surface area (Å²) in [5.41, 5.74) is 0.0920. The first-order valence-electron chi connectivity index (χ1n) is 8.74.